The summed E-state index contributed by atoms with van der Waals surface area (Å²) in [5.74, 6) is 0.636. The van der Waals surface area contributed by atoms with Crippen molar-refractivity contribution in [2.45, 2.75) is 38.6 Å². The summed E-state index contributed by atoms with van der Waals surface area (Å²) in [5, 5.41) is 3.28. The summed E-state index contributed by atoms with van der Waals surface area (Å²) in [7, 11) is 0. The van der Waals surface area contributed by atoms with Crippen molar-refractivity contribution in [1.82, 2.24) is 9.55 Å². The van der Waals surface area contributed by atoms with Crippen molar-refractivity contribution in [3.05, 3.63) is 42.0 Å². The highest BCUT2D eigenvalue weighted by molar-refractivity contribution is 5.53. The molecule has 0 bridgehead atoms. The molecule has 19 heavy (non-hydrogen) atoms. The molecule has 1 aliphatic carbocycles. The van der Waals surface area contributed by atoms with E-state index in [2.05, 4.69) is 21.1 Å². The average Bonchev–Trinajstić information content (AvgIpc) is 3.01. The molecule has 1 heterocycles. The minimum atomic E-state index is -0.221. The number of aromatic nitrogens is 2. The van der Waals surface area contributed by atoms with Gasteiger partial charge in [0.15, 0.2) is 0 Å². The van der Waals surface area contributed by atoms with E-state index >= 15 is 0 Å². The number of benzene rings is 1. The Hall–Kier alpha value is -1.84. The topological polar surface area (TPSA) is 29.9 Å². The van der Waals surface area contributed by atoms with Gasteiger partial charge in [-0.15, -0.1) is 0 Å². The zero-order valence-corrected chi connectivity index (χ0v) is 11.1. The molecule has 0 amide bonds. The Bertz CT molecular complexity index is 553. The van der Waals surface area contributed by atoms with Crippen LogP contribution < -0.4 is 5.32 Å². The molecule has 0 radical (unpaired) electrons. The molecule has 1 aliphatic rings. The van der Waals surface area contributed by atoms with Crippen molar-refractivity contribution in [2.24, 2.45) is 0 Å². The Balaban J connectivity index is 1.85. The molecule has 1 saturated carbocycles. The number of anilines is 2. The lowest BCUT2D eigenvalue weighted by molar-refractivity contribution is 0.524. The summed E-state index contributed by atoms with van der Waals surface area (Å²) < 4.78 is 15.1. The summed E-state index contributed by atoms with van der Waals surface area (Å²) >= 11 is 0. The van der Waals surface area contributed by atoms with E-state index in [0.717, 1.165) is 17.3 Å². The summed E-state index contributed by atoms with van der Waals surface area (Å²) in [6.45, 7) is 2.00. The fourth-order valence-electron chi connectivity index (χ4n) is 2.73. The molecule has 1 fully saturated rings. The van der Waals surface area contributed by atoms with Crippen LogP contribution in [0.4, 0.5) is 16.0 Å². The van der Waals surface area contributed by atoms with E-state index in [4.69, 9.17) is 0 Å². The van der Waals surface area contributed by atoms with Gasteiger partial charge in [-0.1, -0.05) is 12.8 Å². The van der Waals surface area contributed by atoms with Gasteiger partial charge in [0, 0.05) is 17.9 Å². The van der Waals surface area contributed by atoms with Crippen LogP contribution in [0.1, 0.15) is 37.4 Å². The van der Waals surface area contributed by atoms with Crippen molar-refractivity contribution in [1.29, 1.82) is 0 Å². The summed E-state index contributed by atoms with van der Waals surface area (Å²) in [6.07, 6.45) is 7.11. The van der Waals surface area contributed by atoms with Crippen molar-refractivity contribution >= 4 is 11.6 Å². The minimum Gasteiger partial charge on any atom is -0.326 e. The fourth-order valence-corrected chi connectivity index (χ4v) is 2.73. The number of imidazole rings is 1. The Kier molecular flexibility index (Phi) is 3.23. The van der Waals surface area contributed by atoms with Crippen molar-refractivity contribution < 1.29 is 4.39 Å². The van der Waals surface area contributed by atoms with Crippen LogP contribution >= 0.6 is 0 Å². The first kappa shape index (κ1) is 12.2. The lowest BCUT2D eigenvalue weighted by Gasteiger charge is -2.15. The third-order valence-electron chi connectivity index (χ3n) is 3.67. The van der Waals surface area contributed by atoms with Gasteiger partial charge >= 0.3 is 0 Å². The van der Waals surface area contributed by atoms with Crippen molar-refractivity contribution in [2.75, 3.05) is 5.32 Å². The molecule has 1 aromatic carbocycles. The van der Waals surface area contributed by atoms with E-state index < -0.39 is 0 Å². The molecule has 100 valence electrons. The van der Waals surface area contributed by atoms with Crippen LogP contribution in [0.5, 0.6) is 0 Å². The summed E-state index contributed by atoms with van der Waals surface area (Å²) in [5.41, 5.74) is 1.88. The van der Waals surface area contributed by atoms with Crippen LogP contribution in [0, 0.1) is 12.7 Å². The van der Waals surface area contributed by atoms with E-state index in [1.54, 1.807) is 12.1 Å². The van der Waals surface area contributed by atoms with E-state index in [-0.39, 0.29) is 5.82 Å². The summed E-state index contributed by atoms with van der Waals surface area (Å²) in [4.78, 5) is 4.53. The van der Waals surface area contributed by atoms with E-state index in [0.29, 0.717) is 6.04 Å². The zero-order chi connectivity index (χ0) is 13.2. The predicted octanol–water partition coefficient (Wildman–Crippen LogP) is 4.19. The zero-order valence-electron chi connectivity index (χ0n) is 11.1. The number of nitrogens with zero attached hydrogens (tertiary/aromatic N) is 2. The molecule has 1 N–H and O–H groups in total. The highest BCUT2D eigenvalue weighted by Crippen LogP contribution is 2.32. The van der Waals surface area contributed by atoms with Crippen LogP contribution in [0.2, 0.25) is 0 Å². The second-order valence-corrected chi connectivity index (χ2v) is 5.18. The lowest BCUT2D eigenvalue weighted by Crippen LogP contribution is -2.07. The monoisotopic (exact) mass is 259 g/mol. The van der Waals surface area contributed by atoms with Crippen LogP contribution in [0.3, 0.4) is 0 Å². The molecule has 0 unspecified atom stereocenters. The Morgan fingerprint density at radius 3 is 2.58 bits per heavy atom. The molecule has 2 aromatic rings. The Morgan fingerprint density at radius 2 is 1.89 bits per heavy atom. The smallest absolute Gasteiger partial charge is 0.207 e. The average molecular weight is 259 g/mol. The maximum atomic E-state index is 12.9. The fraction of sp³-hybridized carbons (Fsp3) is 0.400. The van der Waals surface area contributed by atoms with Crippen molar-refractivity contribution in [3.63, 3.8) is 0 Å². The van der Waals surface area contributed by atoms with Gasteiger partial charge < -0.3 is 9.88 Å². The second-order valence-electron chi connectivity index (χ2n) is 5.18. The molecule has 4 heteroatoms. The van der Waals surface area contributed by atoms with Gasteiger partial charge in [0.2, 0.25) is 5.95 Å². The Morgan fingerprint density at radius 1 is 1.21 bits per heavy atom. The van der Waals surface area contributed by atoms with E-state index in [1.165, 1.54) is 37.8 Å². The van der Waals surface area contributed by atoms with Gasteiger partial charge in [0.1, 0.15) is 5.82 Å². The number of hydrogen-bond acceptors (Lipinski definition) is 2. The lowest BCUT2D eigenvalue weighted by atomic mass is 10.2. The van der Waals surface area contributed by atoms with Crippen LogP contribution in [-0.4, -0.2) is 9.55 Å². The molecule has 0 atom stereocenters. The largest absolute Gasteiger partial charge is 0.326 e. The molecule has 3 rings (SSSR count). The minimum absolute atomic E-state index is 0.221. The highest BCUT2D eigenvalue weighted by atomic mass is 19.1. The van der Waals surface area contributed by atoms with Crippen LogP contribution in [0.25, 0.3) is 0 Å². The van der Waals surface area contributed by atoms with E-state index in [1.807, 2.05) is 6.92 Å². The Labute approximate surface area is 112 Å². The van der Waals surface area contributed by atoms with Gasteiger partial charge in [-0.2, -0.15) is 0 Å². The number of aryl methyl sites for hydroxylation is 1. The third kappa shape index (κ3) is 2.62. The first-order chi connectivity index (χ1) is 9.22. The molecule has 3 nitrogen and oxygen atoms in total. The normalized spacial score (nSPS) is 15.9. The second kappa shape index (κ2) is 5.03. The number of rotatable bonds is 3. The van der Waals surface area contributed by atoms with Gasteiger partial charge in [-0.25, -0.2) is 9.37 Å². The van der Waals surface area contributed by atoms with Gasteiger partial charge in [-0.05, 0) is 44.0 Å². The van der Waals surface area contributed by atoms with Crippen LogP contribution in [-0.2, 0) is 0 Å². The van der Waals surface area contributed by atoms with Crippen LogP contribution in [0.15, 0.2) is 30.5 Å². The molecule has 0 saturated heterocycles. The number of hydrogen-bond donors (Lipinski definition) is 1. The first-order valence-corrected chi connectivity index (χ1v) is 6.80. The maximum absolute atomic E-state index is 12.9. The van der Waals surface area contributed by atoms with Gasteiger partial charge in [0.25, 0.3) is 0 Å². The molecular weight excluding hydrogens is 241 g/mol. The van der Waals surface area contributed by atoms with Gasteiger partial charge in [-0.3, -0.25) is 0 Å². The molecular formula is C15H18FN3. The number of nitrogens with one attached hydrogen (secondary N) is 1. The first-order valence-electron chi connectivity index (χ1n) is 6.80. The predicted molar refractivity (Wildman–Crippen MR) is 74.2 cm³/mol. The quantitative estimate of drug-likeness (QED) is 0.895. The van der Waals surface area contributed by atoms with Crippen molar-refractivity contribution in [3.8, 4) is 0 Å². The standard InChI is InChI=1S/C15H18FN3/c1-11-10-19(14-4-2-3-5-14)15(17-11)18-13-8-6-12(16)7-9-13/h6-10,14H,2-5H2,1H3,(H,17,18). The SMILES string of the molecule is Cc1cn(C2CCCC2)c(Nc2ccc(F)cc2)n1. The number of halogens is 1. The molecule has 0 aliphatic heterocycles. The van der Waals surface area contributed by atoms with E-state index in [9.17, 15) is 4.39 Å². The third-order valence-corrected chi connectivity index (χ3v) is 3.67. The maximum Gasteiger partial charge on any atom is 0.207 e. The highest BCUT2D eigenvalue weighted by Gasteiger charge is 2.20. The molecule has 1 aromatic heterocycles. The summed E-state index contributed by atoms with van der Waals surface area (Å²) in [6, 6.07) is 6.93. The van der Waals surface area contributed by atoms with Gasteiger partial charge in [0.05, 0.1) is 5.69 Å². The molecule has 0 spiro atoms.